The Kier molecular flexibility index (Phi) is 8.15. The number of ether oxygens (including phenoxy) is 4. The minimum Gasteiger partial charge on any atom is -0.497 e. The molecular weight excluding hydrogens is 476 g/mol. The molecule has 4 rings (SSSR count). The Morgan fingerprint density at radius 1 is 1.00 bits per heavy atom. The highest BCUT2D eigenvalue weighted by atomic mass is 16.5. The van der Waals surface area contributed by atoms with E-state index in [-0.39, 0.29) is 18.6 Å². The van der Waals surface area contributed by atoms with E-state index in [9.17, 15) is 9.90 Å². The van der Waals surface area contributed by atoms with Gasteiger partial charge in [0.05, 0.1) is 51.5 Å². The van der Waals surface area contributed by atoms with Crippen molar-refractivity contribution in [1.29, 1.82) is 0 Å². The van der Waals surface area contributed by atoms with Crippen LogP contribution in [0.25, 0.3) is 22.2 Å². The molecule has 2 N–H and O–H groups in total. The van der Waals surface area contributed by atoms with Gasteiger partial charge in [0.15, 0.2) is 11.5 Å². The van der Waals surface area contributed by atoms with Crippen LogP contribution in [0.4, 0.5) is 0 Å². The van der Waals surface area contributed by atoms with Crippen LogP contribution in [0.3, 0.4) is 0 Å². The van der Waals surface area contributed by atoms with E-state index in [4.69, 9.17) is 28.3 Å². The van der Waals surface area contributed by atoms with Crippen molar-refractivity contribution in [2.24, 2.45) is 0 Å². The number of rotatable bonds is 11. The molecule has 0 radical (unpaired) electrons. The van der Waals surface area contributed by atoms with Crippen LogP contribution < -0.4 is 24.3 Å². The molecule has 0 bridgehead atoms. The predicted molar refractivity (Wildman–Crippen MR) is 139 cm³/mol. The summed E-state index contributed by atoms with van der Waals surface area (Å²) in [7, 11) is 6.19. The van der Waals surface area contributed by atoms with Crippen molar-refractivity contribution in [3.63, 3.8) is 0 Å². The molecule has 1 atom stereocenters. The second-order valence-electron chi connectivity index (χ2n) is 8.32. The van der Waals surface area contributed by atoms with Crippen molar-refractivity contribution >= 4 is 16.8 Å². The topological polar surface area (TPSA) is 112 Å². The Morgan fingerprint density at radius 2 is 1.76 bits per heavy atom. The fraction of sp³-hybridized carbons (Fsp3) is 0.286. The molecule has 0 aliphatic rings. The Morgan fingerprint density at radius 3 is 2.35 bits per heavy atom. The van der Waals surface area contributed by atoms with Crippen LogP contribution in [-0.2, 0) is 6.42 Å². The molecule has 37 heavy (non-hydrogen) atoms. The maximum Gasteiger partial charge on any atom is 0.252 e. The maximum absolute atomic E-state index is 13.6. The Balaban J connectivity index is 1.81. The number of nitrogens with zero attached hydrogens (tertiary/aromatic N) is 1. The van der Waals surface area contributed by atoms with Gasteiger partial charge in [-0.1, -0.05) is 0 Å². The molecule has 0 saturated heterocycles. The van der Waals surface area contributed by atoms with Crippen LogP contribution in [0.2, 0.25) is 0 Å². The molecule has 0 spiro atoms. The zero-order valence-corrected chi connectivity index (χ0v) is 21.2. The lowest BCUT2D eigenvalue weighted by Gasteiger charge is -2.19. The number of benzene rings is 2. The van der Waals surface area contributed by atoms with Crippen molar-refractivity contribution in [3.05, 3.63) is 66.1 Å². The number of methoxy groups -OCH3 is 4. The SMILES string of the molecule is COc1ccc2nc(-c3cc(OC)c(OC)c(OC)c3)cc(C(=O)NC(CCO)Cc3ccco3)c2c1. The first kappa shape index (κ1) is 25.8. The molecule has 0 fully saturated rings. The molecule has 0 saturated carbocycles. The lowest BCUT2D eigenvalue weighted by molar-refractivity contribution is 0.0930. The average Bonchev–Trinajstić information content (AvgIpc) is 3.44. The van der Waals surface area contributed by atoms with Gasteiger partial charge in [0, 0.05) is 30.0 Å². The van der Waals surface area contributed by atoms with E-state index in [1.54, 1.807) is 70.1 Å². The van der Waals surface area contributed by atoms with Crippen molar-refractivity contribution in [2.75, 3.05) is 35.0 Å². The van der Waals surface area contributed by atoms with Crippen LogP contribution in [0.15, 0.2) is 59.2 Å². The number of carbonyl (C=O) groups excluding carboxylic acids is 1. The van der Waals surface area contributed by atoms with E-state index in [0.717, 1.165) is 5.76 Å². The first-order chi connectivity index (χ1) is 18.0. The Hall–Kier alpha value is -4.24. The van der Waals surface area contributed by atoms with Gasteiger partial charge in [-0.05, 0) is 55.0 Å². The highest BCUT2D eigenvalue weighted by Crippen LogP contribution is 2.41. The zero-order valence-electron chi connectivity index (χ0n) is 21.2. The summed E-state index contributed by atoms with van der Waals surface area (Å²) in [6.45, 7) is -0.0761. The number of hydrogen-bond acceptors (Lipinski definition) is 8. The molecule has 0 aliphatic carbocycles. The van der Waals surface area contributed by atoms with Crippen LogP contribution in [-0.4, -0.2) is 57.1 Å². The molecule has 0 aliphatic heterocycles. The predicted octanol–water partition coefficient (Wildman–Crippen LogP) is 4.25. The standard InChI is InChI=1S/C28H30N2O7/c1-33-19-7-8-23-21(15-19)22(28(32)29-18(9-10-31)14-20-6-5-11-37-20)16-24(30-23)17-12-25(34-2)27(36-4)26(13-17)35-3/h5-8,11-13,15-16,18,31H,9-10,14H2,1-4H3,(H,29,32). The average molecular weight is 507 g/mol. The zero-order chi connectivity index (χ0) is 26.4. The fourth-order valence-corrected chi connectivity index (χ4v) is 4.21. The smallest absolute Gasteiger partial charge is 0.252 e. The van der Waals surface area contributed by atoms with Gasteiger partial charge in [0.2, 0.25) is 5.75 Å². The number of furan rings is 1. The minimum atomic E-state index is -0.331. The van der Waals surface area contributed by atoms with Crippen molar-refractivity contribution in [1.82, 2.24) is 10.3 Å². The molecule has 9 heteroatoms. The third kappa shape index (κ3) is 5.62. The summed E-state index contributed by atoms with van der Waals surface area (Å²) in [5.74, 6) is 2.42. The van der Waals surface area contributed by atoms with Crippen LogP contribution >= 0.6 is 0 Å². The second-order valence-corrected chi connectivity index (χ2v) is 8.32. The minimum absolute atomic E-state index is 0.0761. The summed E-state index contributed by atoms with van der Waals surface area (Å²) < 4.78 is 27.3. The summed E-state index contributed by atoms with van der Waals surface area (Å²) >= 11 is 0. The van der Waals surface area contributed by atoms with E-state index in [1.165, 1.54) is 7.11 Å². The van der Waals surface area contributed by atoms with Gasteiger partial charge in [0.25, 0.3) is 5.91 Å². The van der Waals surface area contributed by atoms with Gasteiger partial charge in [-0.25, -0.2) is 4.98 Å². The summed E-state index contributed by atoms with van der Waals surface area (Å²) in [4.78, 5) is 18.4. The highest BCUT2D eigenvalue weighted by molar-refractivity contribution is 6.07. The van der Waals surface area contributed by atoms with Crippen LogP contribution in [0.1, 0.15) is 22.5 Å². The fourth-order valence-electron chi connectivity index (χ4n) is 4.21. The van der Waals surface area contributed by atoms with E-state index >= 15 is 0 Å². The lowest BCUT2D eigenvalue weighted by Crippen LogP contribution is -2.37. The molecule has 9 nitrogen and oxygen atoms in total. The lowest BCUT2D eigenvalue weighted by atomic mass is 10.0. The highest BCUT2D eigenvalue weighted by Gasteiger charge is 2.21. The number of hydrogen-bond donors (Lipinski definition) is 2. The molecule has 4 aromatic rings. The monoisotopic (exact) mass is 506 g/mol. The first-order valence-electron chi connectivity index (χ1n) is 11.7. The maximum atomic E-state index is 13.6. The Bertz CT molecular complexity index is 1340. The third-order valence-corrected chi connectivity index (χ3v) is 6.06. The summed E-state index contributed by atoms with van der Waals surface area (Å²) in [6.07, 6.45) is 2.41. The van der Waals surface area contributed by atoms with Crippen molar-refractivity contribution in [3.8, 4) is 34.3 Å². The van der Waals surface area contributed by atoms with E-state index in [2.05, 4.69) is 5.32 Å². The van der Waals surface area contributed by atoms with Gasteiger partial charge in [0.1, 0.15) is 11.5 Å². The van der Waals surface area contributed by atoms with E-state index < -0.39 is 0 Å². The van der Waals surface area contributed by atoms with E-state index in [0.29, 0.717) is 63.6 Å². The normalized spacial score (nSPS) is 11.7. The molecular formula is C28H30N2O7. The molecule has 194 valence electrons. The number of aliphatic hydroxyl groups excluding tert-OH is 1. The van der Waals surface area contributed by atoms with E-state index in [1.807, 2.05) is 6.07 Å². The van der Waals surface area contributed by atoms with Gasteiger partial charge >= 0.3 is 0 Å². The molecule has 1 unspecified atom stereocenters. The first-order valence-corrected chi connectivity index (χ1v) is 11.7. The molecule has 2 aromatic carbocycles. The van der Waals surface area contributed by atoms with Crippen LogP contribution in [0, 0.1) is 0 Å². The molecule has 2 aromatic heterocycles. The second kappa shape index (κ2) is 11.7. The molecule has 1 amide bonds. The number of aliphatic hydroxyl groups is 1. The largest absolute Gasteiger partial charge is 0.497 e. The van der Waals surface area contributed by atoms with Gasteiger partial charge in [-0.2, -0.15) is 0 Å². The van der Waals surface area contributed by atoms with Gasteiger partial charge < -0.3 is 33.8 Å². The number of nitrogens with one attached hydrogen (secondary N) is 1. The number of amides is 1. The summed E-state index contributed by atoms with van der Waals surface area (Å²) in [5.41, 5.74) is 2.26. The number of fused-ring (bicyclic) bond motifs is 1. The van der Waals surface area contributed by atoms with Crippen molar-refractivity contribution in [2.45, 2.75) is 18.9 Å². The van der Waals surface area contributed by atoms with Crippen LogP contribution in [0.5, 0.6) is 23.0 Å². The number of aromatic nitrogens is 1. The van der Waals surface area contributed by atoms with Gasteiger partial charge in [-0.3, -0.25) is 4.79 Å². The van der Waals surface area contributed by atoms with Crippen molar-refractivity contribution < 1.29 is 33.3 Å². The summed E-state index contributed by atoms with van der Waals surface area (Å²) in [6, 6.07) is 14.0. The number of carbonyl (C=O) groups is 1. The Labute approximate surface area is 214 Å². The summed E-state index contributed by atoms with van der Waals surface area (Å²) in [5, 5.41) is 13.3. The van der Waals surface area contributed by atoms with Gasteiger partial charge in [-0.15, -0.1) is 0 Å². The third-order valence-electron chi connectivity index (χ3n) is 6.06. The number of pyridine rings is 1. The quantitative estimate of drug-likeness (QED) is 0.311. The molecule has 2 heterocycles.